The Morgan fingerprint density at radius 3 is 2.55 bits per heavy atom. The van der Waals surface area contributed by atoms with Crippen molar-refractivity contribution in [3.63, 3.8) is 0 Å². The Hall–Kier alpha value is -3.17. The summed E-state index contributed by atoms with van der Waals surface area (Å²) in [4.78, 5) is 23.3. The van der Waals surface area contributed by atoms with Crippen molar-refractivity contribution in [2.45, 2.75) is 23.6 Å². The number of benzene rings is 2. The van der Waals surface area contributed by atoms with E-state index in [1.807, 2.05) is 36.4 Å². The lowest BCUT2D eigenvalue weighted by Gasteiger charge is -2.13. The maximum Gasteiger partial charge on any atom is 0.416 e. The molecule has 0 aliphatic heterocycles. The second-order valence-corrected chi connectivity index (χ2v) is 9.34. The van der Waals surface area contributed by atoms with Crippen molar-refractivity contribution in [1.29, 1.82) is 0 Å². The van der Waals surface area contributed by atoms with Crippen LogP contribution >= 0.6 is 23.1 Å². The molecule has 0 saturated carbocycles. The van der Waals surface area contributed by atoms with E-state index in [0.29, 0.717) is 27.5 Å². The summed E-state index contributed by atoms with van der Waals surface area (Å²) in [6.07, 6.45) is -2.74. The highest BCUT2D eigenvalue weighted by Gasteiger charge is 2.30. The van der Waals surface area contributed by atoms with Gasteiger partial charge in [-0.15, -0.1) is 11.3 Å². The molecule has 0 unspecified atom stereocenters. The lowest BCUT2D eigenvalue weighted by Crippen LogP contribution is -2.23. The van der Waals surface area contributed by atoms with Crippen LogP contribution in [0.2, 0.25) is 0 Å². The fourth-order valence-electron chi connectivity index (χ4n) is 3.54. The summed E-state index contributed by atoms with van der Waals surface area (Å²) >= 11 is 2.55. The molecule has 0 atom stereocenters. The SMILES string of the molecule is O=c1c2sc3ncccc3c2nc(SCc2cccc(C(F)(F)F)c2)n1Cc1ccccc1. The molecule has 0 radical (unpaired) electrons. The molecule has 33 heavy (non-hydrogen) atoms. The molecular weight excluding hydrogens is 467 g/mol. The number of halogens is 3. The van der Waals surface area contributed by atoms with E-state index >= 15 is 0 Å². The Kier molecular flexibility index (Phi) is 5.67. The zero-order valence-electron chi connectivity index (χ0n) is 17.0. The van der Waals surface area contributed by atoms with Crippen LogP contribution in [0.1, 0.15) is 16.7 Å². The van der Waals surface area contributed by atoms with Crippen molar-refractivity contribution >= 4 is 43.5 Å². The number of rotatable bonds is 5. The van der Waals surface area contributed by atoms with Gasteiger partial charge in [0.05, 0.1) is 17.6 Å². The van der Waals surface area contributed by atoms with Gasteiger partial charge in [-0.1, -0.05) is 60.3 Å². The summed E-state index contributed by atoms with van der Waals surface area (Å²) < 4.78 is 41.4. The molecule has 2 aromatic carbocycles. The third kappa shape index (κ3) is 4.38. The predicted molar refractivity (Wildman–Crippen MR) is 126 cm³/mol. The van der Waals surface area contributed by atoms with E-state index in [2.05, 4.69) is 4.98 Å². The van der Waals surface area contributed by atoms with Gasteiger partial charge in [-0.2, -0.15) is 13.2 Å². The number of pyridine rings is 1. The third-order valence-electron chi connectivity index (χ3n) is 5.12. The monoisotopic (exact) mass is 483 g/mol. The minimum Gasteiger partial charge on any atom is -0.282 e. The van der Waals surface area contributed by atoms with Gasteiger partial charge in [-0.25, -0.2) is 9.97 Å². The van der Waals surface area contributed by atoms with Gasteiger partial charge >= 0.3 is 6.18 Å². The van der Waals surface area contributed by atoms with Crippen molar-refractivity contribution in [2.24, 2.45) is 0 Å². The number of hydrogen-bond donors (Lipinski definition) is 0. The molecule has 0 aliphatic rings. The Morgan fingerprint density at radius 1 is 0.970 bits per heavy atom. The number of thioether (sulfide) groups is 1. The van der Waals surface area contributed by atoms with Crippen LogP contribution in [0.4, 0.5) is 13.2 Å². The van der Waals surface area contributed by atoms with Gasteiger partial charge < -0.3 is 0 Å². The van der Waals surface area contributed by atoms with E-state index in [1.54, 1.807) is 22.9 Å². The number of hydrogen-bond acceptors (Lipinski definition) is 5. The number of nitrogens with zero attached hydrogens (tertiary/aromatic N) is 3. The molecule has 0 amide bonds. The Labute approximate surface area is 194 Å². The lowest BCUT2D eigenvalue weighted by atomic mass is 10.1. The minimum absolute atomic E-state index is 0.182. The molecule has 4 nitrogen and oxygen atoms in total. The van der Waals surface area contributed by atoms with Gasteiger partial charge in [-0.05, 0) is 29.3 Å². The smallest absolute Gasteiger partial charge is 0.282 e. The van der Waals surface area contributed by atoms with Crippen LogP contribution in [-0.2, 0) is 18.5 Å². The average Bonchev–Trinajstić information content (AvgIpc) is 3.19. The maximum atomic E-state index is 13.5. The molecule has 0 bridgehead atoms. The summed E-state index contributed by atoms with van der Waals surface area (Å²) in [5.74, 6) is 0.247. The lowest BCUT2D eigenvalue weighted by molar-refractivity contribution is -0.137. The first-order valence-electron chi connectivity index (χ1n) is 10.0. The highest BCUT2D eigenvalue weighted by Crippen LogP contribution is 2.33. The van der Waals surface area contributed by atoms with Crippen molar-refractivity contribution < 1.29 is 13.2 Å². The fraction of sp³-hybridized carbons (Fsp3) is 0.125. The molecule has 9 heteroatoms. The number of fused-ring (bicyclic) bond motifs is 3. The molecule has 0 spiro atoms. The fourth-order valence-corrected chi connectivity index (χ4v) is 5.51. The van der Waals surface area contributed by atoms with Crippen molar-refractivity contribution in [1.82, 2.24) is 14.5 Å². The molecule has 5 aromatic rings. The second kappa shape index (κ2) is 8.64. The number of aromatic nitrogens is 3. The van der Waals surface area contributed by atoms with E-state index in [4.69, 9.17) is 4.98 Å². The van der Waals surface area contributed by atoms with Gasteiger partial charge in [-0.3, -0.25) is 9.36 Å². The number of alkyl halides is 3. The first-order valence-corrected chi connectivity index (χ1v) is 11.8. The largest absolute Gasteiger partial charge is 0.416 e. The topological polar surface area (TPSA) is 47.8 Å². The quantitative estimate of drug-likeness (QED) is 0.215. The Morgan fingerprint density at radius 2 is 1.76 bits per heavy atom. The summed E-state index contributed by atoms with van der Waals surface area (Å²) in [5.41, 5.74) is 1.14. The van der Waals surface area contributed by atoms with Crippen molar-refractivity contribution in [3.8, 4) is 0 Å². The zero-order valence-corrected chi connectivity index (χ0v) is 18.7. The standard InChI is InChI=1S/C24H16F3N3OS2/c25-24(26,27)17-9-4-8-16(12-17)14-32-23-29-19-18-10-5-11-28-21(18)33-20(19)22(31)30(23)13-15-6-2-1-3-7-15/h1-12H,13-14H2. The van der Waals surface area contributed by atoms with Crippen LogP contribution in [0, 0.1) is 0 Å². The summed E-state index contributed by atoms with van der Waals surface area (Å²) in [7, 11) is 0. The van der Waals surface area contributed by atoms with Gasteiger partial charge in [0.25, 0.3) is 5.56 Å². The highest BCUT2D eigenvalue weighted by molar-refractivity contribution is 7.98. The number of thiophene rings is 1. The predicted octanol–water partition coefficient (Wildman–Crippen LogP) is 6.37. The average molecular weight is 484 g/mol. The minimum atomic E-state index is -4.41. The molecule has 0 aliphatic carbocycles. The maximum absolute atomic E-state index is 13.5. The van der Waals surface area contributed by atoms with Crippen LogP contribution in [-0.4, -0.2) is 14.5 Å². The Bertz CT molecular complexity index is 1510. The van der Waals surface area contributed by atoms with E-state index in [1.165, 1.54) is 29.2 Å². The third-order valence-corrected chi connectivity index (χ3v) is 7.26. The molecule has 3 aromatic heterocycles. The zero-order chi connectivity index (χ0) is 23.0. The summed E-state index contributed by atoms with van der Waals surface area (Å²) in [5, 5.41) is 1.25. The van der Waals surface area contributed by atoms with Crippen LogP contribution in [0.5, 0.6) is 0 Å². The molecule has 5 rings (SSSR count). The van der Waals surface area contributed by atoms with Crippen LogP contribution < -0.4 is 5.56 Å². The van der Waals surface area contributed by atoms with Crippen LogP contribution in [0.3, 0.4) is 0 Å². The van der Waals surface area contributed by atoms with Gasteiger partial charge in [0.15, 0.2) is 5.16 Å². The normalized spacial score (nSPS) is 12.0. The van der Waals surface area contributed by atoms with E-state index in [9.17, 15) is 18.0 Å². The molecule has 0 N–H and O–H groups in total. The van der Waals surface area contributed by atoms with Crippen molar-refractivity contribution in [3.05, 3.63) is 100.0 Å². The van der Waals surface area contributed by atoms with E-state index in [0.717, 1.165) is 27.9 Å². The molecule has 0 fully saturated rings. The Balaban J connectivity index is 1.59. The van der Waals surface area contributed by atoms with E-state index in [-0.39, 0.29) is 11.3 Å². The molecule has 3 heterocycles. The first kappa shape index (κ1) is 21.7. The molecule has 166 valence electrons. The second-order valence-electron chi connectivity index (χ2n) is 7.39. The first-order chi connectivity index (χ1) is 15.9. The van der Waals surface area contributed by atoms with Crippen LogP contribution in [0.15, 0.2) is 82.9 Å². The highest BCUT2D eigenvalue weighted by atomic mass is 32.2. The van der Waals surface area contributed by atoms with Crippen molar-refractivity contribution in [2.75, 3.05) is 0 Å². The summed E-state index contributed by atoms with van der Waals surface area (Å²) in [6.45, 7) is 0.315. The molecule has 0 saturated heterocycles. The van der Waals surface area contributed by atoms with Gasteiger partial charge in [0, 0.05) is 17.3 Å². The van der Waals surface area contributed by atoms with Crippen LogP contribution in [0.25, 0.3) is 20.4 Å². The van der Waals surface area contributed by atoms with Gasteiger partial charge in [0.1, 0.15) is 9.53 Å². The molecular formula is C24H16F3N3OS2. The van der Waals surface area contributed by atoms with E-state index < -0.39 is 11.7 Å². The van der Waals surface area contributed by atoms with Gasteiger partial charge in [0.2, 0.25) is 0 Å². The summed E-state index contributed by atoms with van der Waals surface area (Å²) in [6, 6.07) is 18.4.